The fraction of sp³-hybridized carbons (Fsp3) is 0. The Morgan fingerprint density at radius 2 is 1.17 bits per heavy atom. The molecular formula is AgO4P-3. The first-order valence-corrected chi connectivity index (χ1v) is 2.19. The van der Waals surface area contributed by atoms with Gasteiger partial charge in [0.1, 0.15) is 0 Å². The van der Waals surface area contributed by atoms with E-state index in [0.29, 0.717) is 0 Å². The van der Waals surface area contributed by atoms with Crippen molar-refractivity contribution in [3.63, 3.8) is 0 Å². The molecule has 0 N–H and O–H groups in total. The van der Waals surface area contributed by atoms with Gasteiger partial charge in [-0.15, -0.1) is 0 Å². The molecule has 1 radical (unpaired) electrons. The zero-order chi connectivity index (χ0) is 4.50. The van der Waals surface area contributed by atoms with Crippen molar-refractivity contribution in [3.05, 3.63) is 0 Å². The Balaban J connectivity index is 0. The molecule has 0 saturated carbocycles. The molecule has 0 aromatic carbocycles. The van der Waals surface area contributed by atoms with Crippen LogP contribution in [0.2, 0.25) is 0 Å². The molecule has 0 aromatic rings. The molecule has 0 spiro atoms. The summed E-state index contributed by atoms with van der Waals surface area (Å²) in [5, 5.41) is 0. The summed E-state index contributed by atoms with van der Waals surface area (Å²) < 4.78 is 8.55. The van der Waals surface area contributed by atoms with Gasteiger partial charge in [0, 0.05) is 22.4 Å². The quantitative estimate of drug-likeness (QED) is 0.313. The van der Waals surface area contributed by atoms with E-state index >= 15 is 0 Å². The van der Waals surface area contributed by atoms with Crippen molar-refractivity contribution in [3.8, 4) is 0 Å². The average Bonchev–Trinajstić information content (AvgIpc) is 0.722. The second-order valence-electron chi connectivity index (χ2n) is 0.447. The summed E-state index contributed by atoms with van der Waals surface area (Å²) in [5.41, 5.74) is 0. The summed E-state index contributed by atoms with van der Waals surface area (Å²) in [7, 11) is -5.39. The number of phosphoric acid groups is 1. The van der Waals surface area contributed by atoms with Crippen LogP contribution in [0.3, 0.4) is 0 Å². The van der Waals surface area contributed by atoms with E-state index in [1.54, 1.807) is 0 Å². The van der Waals surface area contributed by atoms with Crippen molar-refractivity contribution in [2.24, 2.45) is 0 Å². The van der Waals surface area contributed by atoms with Crippen molar-refractivity contribution < 1.29 is 41.6 Å². The topological polar surface area (TPSA) is 86.2 Å². The maximum atomic E-state index is 8.55. The normalized spacial score (nSPS) is 9.83. The summed E-state index contributed by atoms with van der Waals surface area (Å²) in [6.07, 6.45) is 0. The molecule has 0 unspecified atom stereocenters. The minimum absolute atomic E-state index is 0. The molecular weight excluding hydrogens is 203 g/mol. The molecule has 0 amide bonds. The molecule has 4 nitrogen and oxygen atoms in total. The third-order valence-corrected chi connectivity index (χ3v) is 0. The molecule has 0 bridgehead atoms. The average molecular weight is 203 g/mol. The first-order valence-electron chi connectivity index (χ1n) is 0.730. The molecule has 0 aliphatic heterocycles. The second-order valence-corrected chi connectivity index (χ2v) is 1.34. The van der Waals surface area contributed by atoms with Crippen molar-refractivity contribution in [1.82, 2.24) is 0 Å². The van der Waals surface area contributed by atoms with Gasteiger partial charge in [0.05, 0.1) is 0 Å². The van der Waals surface area contributed by atoms with Crippen LogP contribution in [0.1, 0.15) is 0 Å². The number of rotatable bonds is 0. The zero-order valence-corrected chi connectivity index (χ0v) is 4.76. The Morgan fingerprint density at radius 1 is 1.17 bits per heavy atom. The van der Waals surface area contributed by atoms with E-state index in [9.17, 15) is 0 Å². The van der Waals surface area contributed by atoms with Crippen LogP contribution in [0.5, 0.6) is 0 Å². The van der Waals surface area contributed by atoms with Gasteiger partial charge in [0.2, 0.25) is 0 Å². The van der Waals surface area contributed by atoms with Crippen LogP contribution in [0.25, 0.3) is 0 Å². The van der Waals surface area contributed by atoms with Crippen molar-refractivity contribution in [2.75, 3.05) is 0 Å². The maximum absolute atomic E-state index is 8.55. The van der Waals surface area contributed by atoms with E-state index < -0.39 is 7.82 Å². The molecule has 0 aromatic heterocycles. The Hall–Kier alpha value is 0.850. The molecule has 0 heterocycles. The first kappa shape index (κ1) is 9.97. The maximum Gasteiger partial charge on any atom is 0 e. The van der Waals surface area contributed by atoms with Gasteiger partial charge in [-0.1, -0.05) is 0 Å². The van der Waals surface area contributed by atoms with Crippen LogP contribution in [0.15, 0.2) is 0 Å². The van der Waals surface area contributed by atoms with Gasteiger partial charge in [-0.05, 0) is 0 Å². The van der Waals surface area contributed by atoms with Gasteiger partial charge >= 0.3 is 0 Å². The van der Waals surface area contributed by atoms with Crippen LogP contribution in [0.4, 0.5) is 0 Å². The van der Waals surface area contributed by atoms with Crippen LogP contribution < -0.4 is 14.7 Å². The third kappa shape index (κ3) is 99.5. The molecule has 0 atom stereocenters. The second kappa shape index (κ2) is 2.93. The Bertz CT molecular complexity index is 53.7. The van der Waals surface area contributed by atoms with E-state index in [2.05, 4.69) is 0 Å². The summed E-state index contributed by atoms with van der Waals surface area (Å²) in [5.74, 6) is 0. The summed E-state index contributed by atoms with van der Waals surface area (Å²) in [6.45, 7) is 0. The molecule has 0 saturated heterocycles. The minimum Gasteiger partial charge on any atom is -0.822 e. The SMILES string of the molecule is O=P([O-])([O-])[O-].[Ag]. The monoisotopic (exact) mass is 202 g/mol. The molecule has 0 fully saturated rings. The van der Waals surface area contributed by atoms with E-state index in [0.717, 1.165) is 0 Å². The number of hydrogen-bond acceptors (Lipinski definition) is 4. The summed E-state index contributed by atoms with van der Waals surface area (Å²) in [4.78, 5) is 25.6. The summed E-state index contributed by atoms with van der Waals surface area (Å²) >= 11 is 0. The van der Waals surface area contributed by atoms with E-state index in [-0.39, 0.29) is 22.4 Å². The van der Waals surface area contributed by atoms with E-state index in [1.807, 2.05) is 0 Å². The Kier molecular flexibility index (Phi) is 4.87. The smallest absolute Gasteiger partial charge is 0 e. The van der Waals surface area contributed by atoms with Crippen molar-refractivity contribution >= 4 is 7.82 Å². The summed E-state index contributed by atoms with van der Waals surface area (Å²) in [6, 6.07) is 0. The first-order chi connectivity index (χ1) is 2.00. The van der Waals surface area contributed by atoms with Crippen LogP contribution in [-0.2, 0) is 26.9 Å². The molecule has 6 heavy (non-hydrogen) atoms. The van der Waals surface area contributed by atoms with Gasteiger partial charge < -0.3 is 19.2 Å². The van der Waals surface area contributed by atoms with Gasteiger partial charge in [0.15, 0.2) is 0 Å². The Morgan fingerprint density at radius 3 is 1.17 bits per heavy atom. The fourth-order valence-electron chi connectivity index (χ4n) is 0. The standard InChI is InChI=1S/Ag.H3O4P/c;1-5(2,3)4/h;(H3,1,2,3,4)/p-3. The van der Waals surface area contributed by atoms with Gasteiger partial charge in [-0.2, -0.15) is 7.82 Å². The van der Waals surface area contributed by atoms with Crippen molar-refractivity contribution in [2.45, 2.75) is 0 Å². The largest absolute Gasteiger partial charge is 0.822 e. The van der Waals surface area contributed by atoms with Gasteiger partial charge in [-0.3, -0.25) is 0 Å². The van der Waals surface area contributed by atoms with Crippen LogP contribution in [-0.4, -0.2) is 0 Å². The Labute approximate surface area is 49.9 Å². The minimum atomic E-state index is -5.39. The molecule has 43 valence electrons. The van der Waals surface area contributed by atoms with Crippen molar-refractivity contribution in [1.29, 1.82) is 0 Å². The number of hydrogen-bond donors (Lipinski definition) is 0. The van der Waals surface area contributed by atoms with E-state index in [1.165, 1.54) is 0 Å². The predicted molar refractivity (Wildman–Crippen MR) is 7.61 cm³/mol. The predicted octanol–water partition coefficient (Wildman–Crippen LogP) is -2.83. The van der Waals surface area contributed by atoms with Gasteiger partial charge in [0.25, 0.3) is 0 Å². The fourth-order valence-corrected chi connectivity index (χ4v) is 0. The van der Waals surface area contributed by atoms with E-state index in [4.69, 9.17) is 19.2 Å². The molecule has 0 rings (SSSR count). The molecule has 0 aliphatic carbocycles. The molecule has 0 aliphatic rings. The zero-order valence-electron chi connectivity index (χ0n) is 2.38. The van der Waals surface area contributed by atoms with Crippen LogP contribution in [0, 0.1) is 0 Å². The third-order valence-electron chi connectivity index (χ3n) is 0. The van der Waals surface area contributed by atoms with Crippen LogP contribution >= 0.6 is 7.82 Å². The molecule has 6 heteroatoms. The van der Waals surface area contributed by atoms with Gasteiger partial charge in [-0.25, -0.2) is 0 Å².